The van der Waals surface area contributed by atoms with E-state index in [0.717, 1.165) is 6.42 Å². The number of nitrogens with zero attached hydrogens (tertiary/aromatic N) is 4. The summed E-state index contributed by atoms with van der Waals surface area (Å²) in [6.45, 7) is 1.17. The molecule has 0 spiro atoms. The minimum absolute atomic E-state index is 0.148. The number of hydrogen-bond acceptors (Lipinski definition) is 5. The van der Waals surface area contributed by atoms with Gasteiger partial charge in [-0.2, -0.15) is 0 Å². The molecule has 8 heteroatoms. The third-order valence-electron chi connectivity index (χ3n) is 2.67. The highest BCUT2D eigenvalue weighted by Gasteiger charge is 2.14. The number of hydrogen-bond donors (Lipinski definition) is 1. The fourth-order valence-electron chi connectivity index (χ4n) is 1.81. The third-order valence-corrected chi connectivity index (χ3v) is 2.95. The Hall–Kier alpha value is -1.44. The van der Waals surface area contributed by atoms with Gasteiger partial charge in [0.25, 0.3) is 0 Å². The predicted molar refractivity (Wildman–Crippen MR) is 67.4 cm³/mol. The van der Waals surface area contributed by atoms with Gasteiger partial charge in [-0.05, 0) is 6.42 Å². The number of fused-ring (bicyclic) bond motifs is 1. The van der Waals surface area contributed by atoms with Gasteiger partial charge in [-0.25, -0.2) is 20.2 Å². The SMILES string of the molecule is CONCCCn1c(=O)n(C)c2ncnc(Cl)c21. The number of imidazole rings is 1. The zero-order chi connectivity index (χ0) is 13.1. The van der Waals surface area contributed by atoms with Crippen molar-refractivity contribution in [3.05, 3.63) is 22.0 Å². The van der Waals surface area contributed by atoms with Crippen LogP contribution in [0.2, 0.25) is 5.15 Å². The van der Waals surface area contributed by atoms with Crippen molar-refractivity contribution in [3.63, 3.8) is 0 Å². The van der Waals surface area contributed by atoms with Gasteiger partial charge in [-0.3, -0.25) is 9.13 Å². The van der Waals surface area contributed by atoms with Crippen molar-refractivity contribution in [2.45, 2.75) is 13.0 Å². The van der Waals surface area contributed by atoms with Crippen molar-refractivity contribution in [1.29, 1.82) is 0 Å². The fraction of sp³-hybridized carbons (Fsp3) is 0.500. The van der Waals surface area contributed by atoms with Crippen molar-refractivity contribution in [2.24, 2.45) is 7.05 Å². The molecule has 0 unspecified atom stereocenters. The Kier molecular flexibility index (Phi) is 3.95. The number of aromatic nitrogens is 4. The topological polar surface area (TPSA) is 74.0 Å². The van der Waals surface area contributed by atoms with Crippen LogP contribution in [0.4, 0.5) is 0 Å². The Balaban J connectivity index is 2.37. The smallest absolute Gasteiger partial charge is 0.305 e. The Morgan fingerprint density at radius 3 is 3.00 bits per heavy atom. The number of aryl methyl sites for hydroxylation is 2. The lowest BCUT2D eigenvalue weighted by Gasteiger charge is -2.04. The molecule has 0 fully saturated rings. The van der Waals surface area contributed by atoms with Crippen molar-refractivity contribution in [2.75, 3.05) is 13.7 Å². The van der Waals surface area contributed by atoms with E-state index in [4.69, 9.17) is 16.4 Å². The number of halogens is 1. The predicted octanol–water partition coefficient (Wildman–Crippen LogP) is 0.324. The van der Waals surface area contributed by atoms with E-state index < -0.39 is 0 Å². The average Bonchev–Trinajstić information content (AvgIpc) is 2.61. The summed E-state index contributed by atoms with van der Waals surface area (Å²) in [4.78, 5) is 24.8. The van der Waals surface area contributed by atoms with E-state index in [1.807, 2.05) is 0 Å². The van der Waals surface area contributed by atoms with E-state index in [-0.39, 0.29) is 10.8 Å². The minimum Gasteiger partial charge on any atom is -0.305 e. The molecule has 2 aromatic rings. The third kappa shape index (κ3) is 2.24. The van der Waals surface area contributed by atoms with Crippen LogP contribution < -0.4 is 11.2 Å². The van der Waals surface area contributed by atoms with Gasteiger partial charge in [0.1, 0.15) is 11.8 Å². The molecule has 18 heavy (non-hydrogen) atoms. The quantitative estimate of drug-likeness (QED) is 0.482. The van der Waals surface area contributed by atoms with Crippen LogP contribution in [0, 0.1) is 0 Å². The first-order chi connectivity index (χ1) is 8.66. The summed E-state index contributed by atoms with van der Waals surface area (Å²) in [5.74, 6) is 0. The summed E-state index contributed by atoms with van der Waals surface area (Å²) >= 11 is 6.02. The number of rotatable bonds is 5. The van der Waals surface area contributed by atoms with E-state index in [9.17, 15) is 4.79 Å². The van der Waals surface area contributed by atoms with E-state index in [2.05, 4.69) is 15.4 Å². The maximum atomic E-state index is 12.1. The molecule has 0 saturated heterocycles. The monoisotopic (exact) mass is 271 g/mol. The fourth-order valence-corrected chi connectivity index (χ4v) is 2.04. The van der Waals surface area contributed by atoms with Crippen LogP contribution in [-0.2, 0) is 18.4 Å². The van der Waals surface area contributed by atoms with Gasteiger partial charge in [-0.15, -0.1) is 0 Å². The standard InChI is InChI=1S/C10H14ClN5O2/c1-15-9-7(8(11)12-6-13-9)16(10(15)17)5-3-4-14-18-2/h6,14H,3-5H2,1-2H3. The van der Waals surface area contributed by atoms with Crippen LogP contribution in [0.15, 0.2) is 11.1 Å². The Morgan fingerprint density at radius 1 is 1.50 bits per heavy atom. The summed E-state index contributed by atoms with van der Waals surface area (Å²) in [5.41, 5.74) is 3.69. The van der Waals surface area contributed by atoms with Crippen LogP contribution in [0.25, 0.3) is 11.2 Å². The second-order valence-electron chi connectivity index (χ2n) is 3.78. The molecule has 7 nitrogen and oxygen atoms in total. The molecular weight excluding hydrogens is 258 g/mol. The van der Waals surface area contributed by atoms with E-state index in [1.165, 1.54) is 10.9 Å². The van der Waals surface area contributed by atoms with Crippen LogP contribution >= 0.6 is 11.6 Å². The second-order valence-corrected chi connectivity index (χ2v) is 4.14. The molecule has 0 aliphatic carbocycles. The van der Waals surface area contributed by atoms with Crippen LogP contribution in [-0.4, -0.2) is 32.8 Å². The van der Waals surface area contributed by atoms with Crippen molar-refractivity contribution < 1.29 is 4.84 Å². The molecule has 0 aromatic carbocycles. The van der Waals surface area contributed by atoms with Gasteiger partial charge in [0.05, 0.1) is 7.11 Å². The van der Waals surface area contributed by atoms with Gasteiger partial charge in [0.2, 0.25) is 0 Å². The van der Waals surface area contributed by atoms with Gasteiger partial charge in [-0.1, -0.05) is 11.6 Å². The van der Waals surface area contributed by atoms with E-state index in [1.54, 1.807) is 18.7 Å². The van der Waals surface area contributed by atoms with Crippen LogP contribution in [0.3, 0.4) is 0 Å². The molecular formula is C10H14ClN5O2. The molecule has 0 aliphatic rings. The minimum atomic E-state index is -0.148. The lowest BCUT2D eigenvalue weighted by Crippen LogP contribution is -2.24. The lowest BCUT2D eigenvalue weighted by atomic mass is 10.4. The van der Waals surface area contributed by atoms with Crippen molar-refractivity contribution in [1.82, 2.24) is 24.6 Å². The largest absolute Gasteiger partial charge is 0.330 e. The zero-order valence-electron chi connectivity index (χ0n) is 10.2. The highest BCUT2D eigenvalue weighted by molar-refractivity contribution is 6.33. The summed E-state index contributed by atoms with van der Waals surface area (Å²) in [6.07, 6.45) is 2.08. The normalized spacial score (nSPS) is 11.3. The Morgan fingerprint density at radius 2 is 2.28 bits per heavy atom. The first-order valence-corrected chi connectivity index (χ1v) is 5.86. The van der Waals surface area contributed by atoms with Gasteiger partial charge in [0, 0.05) is 20.1 Å². The first kappa shape index (κ1) is 13.0. The summed E-state index contributed by atoms with van der Waals surface area (Å²) in [7, 11) is 3.21. The van der Waals surface area contributed by atoms with Gasteiger partial charge < -0.3 is 4.84 Å². The van der Waals surface area contributed by atoms with Crippen LogP contribution in [0.1, 0.15) is 6.42 Å². The molecule has 0 atom stereocenters. The molecule has 0 radical (unpaired) electrons. The molecule has 2 heterocycles. The average molecular weight is 272 g/mol. The van der Waals surface area contributed by atoms with Gasteiger partial charge >= 0.3 is 5.69 Å². The second kappa shape index (κ2) is 5.47. The molecule has 2 rings (SSSR count). The molecule has 0 saturated carbocycles. The molecule has 1 N–H and O–H groups in total. The van der Waals surface area contributed by atoms with Crippen molar-refractivity contribution >= 4 is 22.8 Å². The molecule has 0 bridgehead atoms. The van der Waals surface area contributed by atoms with Gasteiger partial charge in [0.15, 0.2) is 10.8 Å². The summed E-state index contributed by atoms with van der Waals surface area (Å²) in [6, 6.07) is 0. The molecule has 0 aliphatic heterocycles. The number of hydroxylamine groups is 1. The maximum absolute atomic E-state index is 12.1. The number of nitrogens with one attached hydrogen (secondary N) is 1. The molecule has 2 aromatic heterocycles. The van der Waals surface area contributed by atoms with E-state index in [0.29, 0.717) is 24.3 Å². The van der Waals surface area contributed by atoms with Crippen molar-refractivity contribution in [3.8, 4) is 0 Å². The maximum Gasteiger partial charge on any atom is 0.330 e. The summed E-state index contributed by atoms with van der Waals surface area (Å²) in [5, 5.41) is 0.289. The highest BCUT2D eigenvalue weighted by atomic mass is 35.5. The molecule has 0 amide bonds. The Labute approximate surface area is 108 Å². The summed E-state index contributed by atoms with van der Waals surface area (Å²) < 4.78 is 3.04. The highest BCUT2D eigenvalue weighted by Crippen LogP contribution is 2.17. The lowest BCUT2D eigenvalue weighted by molar-refractivity contribution is 0.0901. The Bertz CT molecular complexity index is 606. The first-order valence-electron chi connectivity index (χ1n) is 5.48. The zero-order valence-corrected chi connectivity index (χ0v) is 10.9. The van der Waals surface area contributed by atoms with E-state index >= 15 is 0 Å². The molecule has 98 valence electrons. The van der Waals surface area contributed by atoms with Crippen LogP contribution in [0.5, 0.6) is 0 Å².